The molecule has 5 radical (unpaired) electrons. The van der Waals surface area contributed by atoms with Crippen molar-refractivity contribution in [3.05, 3.63) is 121 Å². The number of hydrogen-bond acceptors (Lipinski definition) is 1. The van der Waals surface area contributed by atoms with Crippen LogP contribution < -0.4 is 15.1 Å². The Morgan fingerprint density at radius 1 is 0.750 bits per heavy atom. The lowest BCUT2D eigenvalue weighted by atomic mass is 10.00. The molecular weight excluding hydrogens is 407 g/mol. The largest absolute Gasteiger partial charge is 0.298 e. The number of quaternary nitrogens is 1. The lowest BCUT2D eigenvalue weighted by Crippen LogP contribution is -2.34. The van der Waals surface area contributed by atoms with E-state index in [4.69, 9.17) is 4.99 Å². The molecule has 2 nitrogen and oxygen atoms in total. The molecule has 1 atom stereocenters. The molecule has 3 heteroatoms. The minimum absolute atomic E-state index is 0.0931. The van der Waals surface area contributed by atoms with Gasteiger partial charge in [-0.3, -0.25) is 9.48 Å². The van der Waals surface area contributed by atoms with Gasteiger partial charge in [0, 0.05) is 17.8 Å². The van der Waals surface area contributed by atoms with Gasteiger partial charge in [-0.2, -0.15) is 0 Å². The van der Waals surface area contributed by atoms with Gasteiger partial charge in [-0.05, 0) is 74.5 Å². The normalized spacial score (nSPS) is 16.8. The quantitative estimate of drug-likeness (QED) is 0.260. The second kappa shape index (κ2) is 10.1. The van der Waals surface area contributed by atoms with E-state index in [9.17, 15) is 0 Å². The van der Waals surface area contributed by atoms with Gasteiger partial charge in [-0.1, -0.05) is 60.7 Å². The molecule has 0 heterocycles. The molecule has 0 spiro atoms. The highest BCUT2D eigenvalue weighted by Crippen LogP contribution is 2.57. The van der Waals surface area contributed by atoms with E-state index in [1.165, 1.54) is 27.9 Å². The summed E-state index contributed by atoms with van der Waals surface area (Å²) in [6.07, 6.45) is 8.70. The summed E-state index contributed by atoms with van der Waals surface area (Å²) in [5.74, 6) is 1.31. The zero-order valence-corrected chi connectivity index (χ0v) is 20.2. The van der Waals surface area contributed by atoms with Crippen LogP contribution in [0.5, 0.6) is 0 Å². The van der Waals surface area contributed by atoms with Crippen LogP contribution in [0.25, 0.3) is 0 Å². The van der Waals surface area contributed by atoms with Crippen LogP contribution in [-0.4, -0.2) is 33.4 Å². The van der Waals surface area contributed by atoms with Crippen molar-refractivity contribution >= 4 is 30.4 Å². The van der Waals surface area contributed by atoms with E-state index in [1.54, 1.807) is 0 Å². The topological polar surface area (TPSA) is 12.4 Å². The summed E-state index contributed by atoms with van der Waals surface area (Å²) in [4.78, 5) is 4.94. The third-order valence-corrected chi connectivity index (χ3v) is 8.18. The lowest BCUT2D eigenvalue weighted by molar-refractivity contribution is 0.486. The van der Waals surface area contributed by atoms with Crippen molar-refractivity contribution in [1.82, 2.24) is 4.48 Å². The molecule has 0 saturated heterocycles. The van der Waals surface area contributed by atoms with Gasteiger partial charge in [0.1, 0.15) is 5.69 Å². The van der Waals surface area contributed by atoms with Gasteiger partial charge in [0.05, 0.1) is 27.2 Å². The summed E-state index contributed by atoms with van der Waals surface area (Å²) in [6, 6.07) is 30.5. The summed E-state index contributed by atoms with van der Waals surface area (Å²) in [7, 11) is 5.92. The monoisotopic (exact) mass is 438 g/mol. The first kappa shape index (κ1) is 22.9. The van der Waals surface area contributed by atoms with Gasteiger partial charge < -0.3 is 0 Å². The number of hydrogen-bond donors (Lipinski definition) is 0. The maximum atomic E-state index is 4.94. The fraction of sp³-hybridized carbons (Fsp3) is 0.172. The van der Waals surface area contributed by atoms with Gasteiger partial charge in [-0.25, -0.2) is 0 Å². The van der Waals surface area contributed by atoms with Crippen molar-refractivity contribution in [3.63, 3.8) is 0 Å². The highest BCUT2D eigenvalue weighted by Gasteiger charge is 2.39. The van der Waals surface area contributed by atoms with E-state index in [0.29, 0.717) is 0 Å². The van der Waals surface area contributed by atoms with E-state index in [2.05, 4.69) is 132 Å². The molecule has 1 aliphatic rings. The van der Waals surface area contributed by atoms with Crippen LogP contribution in [0.4, 0.5) is 5.69 Å². The number of rotatable bonds is 7. The molecule has 32 heavy (non-hydrogen) atoms. The number of aliphatic imine (C=N–C) groups is 1. The minimum atomic E-state index is -0.621. The van der Waals surface area contributed by atoms with Crippen molar-refractivity contribution < 1.29 is 0 Å². The Balaban J connectivity index is 1.55. The molecule has 0 aromatic heterocycles. The maximum Gasteiger partial charge on any atom is 0.132 e. The lowest BCUT2D eigenvalue weighted by Gasteiger charge is -2.30. The molecule has 1 aliphatic carbocycles. The summed E-state index contributed by atoms with van der Waals surface area (Å²) in [5.41, 5.74) is 3.81. The van der Waals surface area contributed by atoms with E-state index in [1.807, 2.05) is 6.21 Å². The second-order valence-corrected chi connectivity index (χ2v) is 11.1. The molecule has 1 fully saturated rings. The molecule has 3 aromatic carbocycles. The number of benzene rings is 3. The van der Waals surface area contributed by atoms with E-state index in [-0.39, 0.29) is 6.04 Å². The SMILES string of the molecule is C[C@@H](N=Cc1ccc([N+](C)(C)C)cc1)[C]1[CH][CH][CH][C]1P(c1ccccc1)c1ccccc1. The molecule has 0 aliphatic heterocycles. The Labute approximate surface area is 195 Å². The van der Waals surface area contributed by atoms with Gasteiger partial charge >= 0.3 is 0 Å². The third-order valence-electron chi connectivity index (χ3n) is 5.66. The summed E-state index contributed by atoms with van der Waals surface area (Å²) in [6.45, 7) is 2.19. The van der Waals surface area contributed by atoms with Crippen molar-refractivity contribution in [2.24, 2.45) is 4.99 Å². The van der Waals surface area contributed by atoms with Crippen molar-refractivity contribution in [1.29, 1.82) is 0 Å². The van der Waals surface area contributed by atoms with Crippen LogP contribution >= 0.6 is 7.92 Å². The Kier molecular flexibility index (Phi) is 7.23. The first-order valence-electron chi connectivity index (χ1n) is 11.0. The average Bonchev–Trinajstić information content (AvgIpc) is 3.28. The minimum Gasteiger partial charge on any atom is -0.298 e. The van der Waals surface area contributed by atoms with Crippen LogP contribution in [0.3, 0.4) is 0 Å². The van der Waals surface area contributed by atoms with Crippen LogP contribution in [-0.2, 0) is 0 Å². The predicted octanol–water partition coefficient (Wildman–Crippen LogP) is 5.56. The van der Waals surface area contributed by atoms with Crippen molar-refractivity contribution in [3.8, 4) is 0 Å². The molecule has 0 unspecified atom stereocenters. The van der Waals surface area contributed by atoms with Crippen LogP contribution in [0, 0.1) is 30.8 Å². The molecule has 0 N–H and O–H groups in total. The Bertz CT molecular complexity index is 967. The third kappa shape index (κ3) is 5.37. The summed E-state index contributed by atoms with van der Waals surface area (Å²) >= 11 is 0. The maximum absolute atomic E-state index is 4.94. The van der Waals surface area contributed by atoms with Crippen LogP contribution in [0.15, 0.2) is 89.9 Å². The predicted molar refractivity (Wildman–Crippen MR) is 142 cm³/mol. The molecule has 0 amide bonds. The van der Waals surface area contributed by atoms with E-state index >= 15 is 0 Å². The molecule has 1 saturated carbocycles. The number of nitrogens with zero attached hydrogens (tertiary/aromatic N) is 2. The first-order chi connectivity index (χ1) is 15.4. The van der Waals surface area contributed by atoms with Crippen LogP contribution in [0.2, 0.25) is 0 Å². The average molecular weight is 439 g/mol. The Morgan fingerprint density at radius 3 is 1.84 bits per heavy atom. The van der Waals surface area contributed by atoms with Gasteiger partial charge in [0.15, 0.2) is 0 Å². The van der Waals surface area contributed by atoms with Crippen molar-refractivity contribution in [2.75, 3.05) is 21.1 Å². The fourth-order valence-corrected chi connectivity index (χ4v) is 6.40. The Hall–Kier alpha value is -2.28. The second-order valence-electron chi connectivity index (χ2n) is 8.93. The molecule has 161 valence electrons. The first-order valence-corrected chi connectivity index (χ1v) is 12.4. The standard InChI is InChI=1S/C29H31N2P/c1-23(30-22-24-18-20-25(21-19-24)31(2,3)4)28-16-11-17-29(28)32(26-12-7-5-8-13-26)27-14-9-6-10-15-27/h5-23H,1-4H3/q+1/t23-/m1/s1. The van der Waals surface area contributed by atoms with Gasteiger partial charge in [-0.15, -0.1) is 0 Å². The molecule has 0 bridgehead atoms. The van der Waals surface area contributed by atoms with Crippen LogP contribution in [0.1, 0.15) is 12.5 Å². The van der Waals surface area contributed by atoms with Gasteiger partial charge in [0.25, 0.3) is 0 Å². The highest BCUT2D eigenvalue weighted by molar-refractivity contribution is 7.76. The van der Waals surface area contributed by atoms with Crippen molar-refractivity contribution in [2.45, 2.75) is 13.0 Å². The fourth-order valence-electron chi connectivity index (χ4n) is 3.85. The smallest absolute Gasteiger partial charge is 0.132 e. The zero-order chi connectivity index (χ0) is 22.6. The molecular formula is C29H31N2P+. The van der Waals surface area contributed by atoms with E-state index in [0.717, 1.165) is 10.0 Å². The zero-order valence-electron chi connectivity index (χ0n) is 19.3. The summed E-state index contributed by atoms with van der Waals surface area (Å²) in [5, 5.41) is 2.74. The Morgan fingerprint density at radius 2 is 1.31 bits per heavy atom. The molecule has 4 rings (SSSR count). The summed E-state index contributed by atoms with van der Waals surface area (Å²) < 4.78 is 0.813. The molecule has 3 aromatic rings. The highest BCUT2D eigenvalue weighted by atomic mass is 31.1. The van der Waals surface area contributed by atoms with Gasteiger partial charge in [0.2, 0.25) is 0 Å². The van der Waals surface area contributed by atoms with E-state index < -0.39 is 7.92 Å².